The maximum absolute atomic E-state index is 10.6. The third-order valence-electron chi connectivity index (χ3n) is 3.30. The highest BCUT2D eigenvalue weighted by Gasteiger charge is 2.14. The van der Waals surface area contributed by atoms with Crippen molar-refractivity contribution >= 4 is 12.4 Å². The van der Waals surface area contributed by atoms with Crippen molar-refractivity contribution in [1.29, 1.82) is 0 Å². The number of carbonyl (C=O) groups is 2. The highest BCUT2D eigenvalue weighted by molar-refractivity contribution is 5.66. The molecule has 1 aromatic rings. The molecule has 2 rings (SSSR count). The number of carbonyl (C=O) groups excluding carboxylic acids is 1. The molecule has 0 fully saturated rings. The van der Waals surface area contributed by atoms with Gasteiger partial charge in [-0.2, -0.15) is 0 Å². The first-order chi connectivity index (χ1) is 10.2. The zero-order valence-electron chi connectivity index (χ0n) is 11.7. The number of carboxylic acids is 1. The molecule has 0 saturated carbocycles. The number of fused-ring (bicyclic) bond motifs is 1. The number of benzene rings is 1. The Bertz CT molecular complexity index is 503. The van der Waals surface area contributed by atoms with E-state index in [1.54, 1.807) is 0 Å². The first kappa shape index (κ1) is 15.2. The summed E-state index contributed by atoms with van der Waals surface area (Å²) in [6.07, 6.45) is 2.43. The van der Waals surface area contributed by atoms with Crippen molar-refractivity contribution in [1.82, 2.24) is 5.32 Å². The van der Waals surface area contributed by atoms with Gasteiger partial charge in [0.15, 0.2) is 11.5 Å². The van der Waals surface area contributed by atoms with Crippen LogP contribution in [0.25, 0.3) is 0 Å². The number of aliphatic carboxylic acids is 1. The fraction of sp³-hybridized carbons (Fsp3) is 0.467. The van der Waals surface area contributed by atoms with Crippen LogP contribution in [-0.2, 0) is 16.0 Å². The Morgan fingerprint density at radius 3 is 2.81 bits per heavy atom. The molecule has 1 aromatic carbocycles. The monoisotopic (exact) mass is 293 g/mol. The van der Waals surface area contributed by atoms with Gasteiger partial charge in [-0.15, -0.1) is 0 Å². The fourth-order valence-corrected chi connectivity index (χ4v) is 2.26. The van der Waals surface area contributed by atoms with Crippen molar-refractivity contribution in [2.75, 3.05) is 13.2 Å². The van der Waals surface area contributed by atoms with Gasteiger partial charge in [0.2, 0.25) is 6.41 Å². The Morgan fingerprint density at radius 1 is 1.33 bits per heavy atom. The van der Waals surface area contributed by atoms with E-state index in [0.717, 1.165) is 17.7 Å². The number of nitrogens with one attached hydrogen (secondary N) is 1. The Labute approximate surface area is 123 Å². The SMILES string of the molecule is O=CNC(CCC(=O)O)Cc1ccc2c(c1)OCCCO2. The van der Waals surface area contributed by atoms with Crippen molar-refractivity contribution in [2.45, 2.75) is 31.7 Å². The van der Waals surface area contributed by atoms with Crippen molar-refractivity contribution in [2.24, 2.45) is 0 Å². The van der Waals surface area contributed by atoms with Crippen LogP contribution in [0.2, 0.25) is 0 Å². The summed E-state index contributed by atoms with van der Waals surface area (Å²) in [6, 6.07) is 5.45. The van der Waals surface area contributed by atoms with Gasteiger partial charge in [0.1, 0.15) is 0 Å². The first-order valence-electron chi connectivity index (χ1n) is 6.99. The molecule has 1 atom stereocenters. The topological polar surface area (TPSA) is 84.9 Å². The molecule has 1 aliphatic heterocycles. The number of hydrogen-bond donors (Lipinski definition) is 2. The minimum Gasteiger partial charge on any atom is -0.490 e. The molecule has 1 heterocycles. The lowest BCUT2D eigenvalue weighted by molar-refractivity contribution is -0.137. The van der Waals surface area contributed by atoms with Crippen LogP contribution < -0.4 is 14.8 Å². The van der Waals surface area contributed by atoms with Gasteiger partial charge in [-0.3, -0.25) is 9.59 Å². The summed E-state index contributed by atoms with van der Waals surface area (Å²) >= 11 is 0. The molecule has 114 valence electrons. The quantitative estimate of drug-likeness (QED) is 0.742. The average Bonchev–Trinajstić information content (AvgIpc) is 2.69. The number of rotatable bonds is 7. The van der Waals surface area contributed by atoms with E-state index < -0.39 is 5.97 Å². The van der Waals surface area contributed by atoms with Crippen LogP contribution in [0.3, 0.4) is 0 Å². The maximum Gasteiger partial charge on any atom is 0.303 e. The zero-order valence-corrected chi connectivity index (χ0v) is 11.7. The van der Waals surface area contributed by atoms with E-state index in [4.69, 9.17) is 14.6 Å². The third-order valence-corrected chi connectivity index (χ3v) is 3.30. The summed E-state index contributed by atoms with van der Waals surface area (Å²) in [5.41, 5.74) is 0.976. The fourth-order valence-electron chi connectivity index (χ4n) is 2.26. The molecule has 0 spiro atoms. The highest BCUT2D eigenvalue weighted by Crippen LogP contribution is 2.30. The second-order valence-corrected chi connectivity index (χ2v) is 4.95. The molecule has 0 saturated heterocycles. The Hall–Kier alpha value is -2.24. The predicted octanol–water partition coefficient (Wildman–Crippen LogP) is 1.37. The molecule has 1 amide bonds. The van der Waals surface area contributed by atoms with E-state index in [-0.39, 0.29) is 12.5 Å². The first-order valence-corrected chi connectivity index (χ1v) is 6.99. The molecule has 1 unspecified atom stereocenters. The second kappa shape index (κ2) is 7.52. The molecule has 6 heteroatoms. The molecule has 0 bridgehead atoms. The van der Waals surface area contributed by atoms with Gasteiger partial charge in [0.25, 0.3) is 0 Å². The summed E-state index contributed by atoms with van der Waals surface area (Å²) in [7, 11) is 0. The van der Waals surface area contributed by atoms with Crippen LogP contribution in [0.4, 0.5) is 0 Å². The summed E-state index contributed by atoms with van der Waals surface area (Å²) < 4.78 is 11.2. The summed E-state index contributed by atoms with van der Waals surface area (Å²) in [5.74, 6) is 0.557. The van der Waals surface area contributed by atoms with Gasteiger partial charge in [0, 0.05) is 18.9 Å². The second-order valence-electron chi connectivity index (χ2n) is 4.95. The number of hydrogen-bond acceptors (Lipinski definition) is 4. The van der Waals surface area contributed by atoms with Crippen molar-refractivity contribution in [3.05, 3.63) is 23.8 Å². The number of ether oxygens (including phenoxy) is 2. The molecule has 2 N–H and O–H groups in total. The zero-order chi connectivity index (χ0) is 15.1. The van der Waals surface area contributed by atoms with Gasteiger partial charge in [-0.25, -0.2) is 0 Å². The molecule has 21 heavy (non-hydrogen) atoms. The predicted molar refractivity (Wildman–Crippen MR) is 75.6 cm³/mol. The van der Waals surface area contributed by atoms with Gasteiger partial charge < -0.3 is 19.9 Å². The van der Waals surface area contributed by atoms with Crippen LogP contribution >= 0.6 is 0 Å². The summed E-state index contributed by atoms with van der Waals surface area (Å²) in [6.45, 7) is 1.26. The smallest absolute Gasteiger partial charge is 0.303 e. The van der Waals surface area contributed by atoms with Crippen LogP contribution in [-0.4, -0.2) is 36.7 Å². The summed E-state index contributed by atoms with van der Waals surface area (Å²) in [4.78, 5) is 21.3. The van der Waals surface area contributed by atoms with Crippen molar-refractivity contribution in [3.8, 4) is 11.5 Å². The minimum absolute atomic E-state index is 0.0239. The third kappa shape index (κ3) is 4.66. The lowest BCUT2D eigenvalue weighted by Gasteiger charge is -2.16. The lowest BCUT2D eigenvalue weighted by Crippen LogP contribution is -2.30. The van der Waals surface area contributed by atoms with Crippen LogP contribution in [0.15, 0.2) is 18.2 Å². The maximum atomic E-state index is 10.6. The molecular weight excluding hydrogens is 274 g/mol. The van der Waals surface area contributed by atoms with Gasteiger partial charge in [-0.05, 0) is 30.5 Å². The average molecular weight is 293 g/mol. The molecule has 0 aliphatic carbocycles. The van der Waals surface area contributed by atoms with Crippen molar-refractivity contribution in [3.63, 3.8) is 0 Å². The van der Waals surface area contributed by atoms with Gasteiger partial charge in [-0.1, -0.05) is 6.07 Å². The van der Waals surface area contributed by atoms with E-state index in [2.05, 4.69) is 5.32 Å². The van der Waals surface area contributed by atoms with E-state index in [1.165, 1.54) is 0 Å². The minimum atomic E-state index is -0.869. The molecule has 1 aliphatic rings. The van der Waals surface area contributed by atoms with E-state index in [9.17, 15) is 9.59 Å². The van der Waals surface area contributed by atoms with Gasteiger partial charge >= 0.3 is 5.97 Å². The molecule has 0 radical (unpaired) electrons. The lowest BCUT2D eigenvalue weighted by atomic mass is 10.0. The largest absolute Gasteiger partial charge is 0.490 e. The number of carboxylic acid groups (broad SMARTS) is 1. The molecule has 0 aromatic heterocycles. The van der Waals surface area contributed by atoms with Crippen molar-refractivity contribution < 1.29 is 24.2 Å². The van der Waals surface area contributed by atoms with Crippen LogP contribution in [0, 0.1) is 0 Å². The van der Waals surface area contributed by atoms with Crippen LogP contribution in [0.5, 0.6) is 11.5 Å². The van der Waals surface area contributed by atoms with E-state index >= 15 is 0 Å². The Kier molecular flexibility index (Phi) is 5.43. The molecular formula is C15H19NO5. The van der Waals surface area contributed by atoms with E-state index in [0.29, 0.717) is 38.2 Å². The molecule has 6 nitrogen and oxygen atoms in total. The van der Waals surface area contributed by atoms with E-state index in [1.807, 2.05) is 18.2 Å². The van der Waals surface area contributed by atoms with Gasteiger partial charge in [0.05, 0.1) is 13.2 Å². The Morgan fingerprint density at radius 2 is 2.10 bits per heavy atom. The normalized spacial score (nSPS) is 14.9. The van der Waals surface area contributed by atoms with Crippen LogP contribution in [0.1, 0.15) is 24.8 Å². The standard InChI is InChI=1S/C15H19NO5/c17-10-16-12(3-5-15(18)19)8-11-2-4-13-14(9-11)21-7-1-6-20-13/h2,4,9-10,12H,1,3,5-8H2,(H,16,17)(H,18,19). The summed E-state index contributed by atoms with van der Waals surface area (Å²) in [5, 5.41) is 11.4. The highest BCUT2D eigenvalue weighted by atomic mass is 16.5. The Balaban J connectivity index is 2.03. The number of amides is 1.